The lowest BCUT2D eigenvalue weighted by atomic mass is 9.86. The molecular weight excluding hydrogens is 847 g/mol. The molecule has 0 aliphatic heterocycles. The molecule has 0 aliphatic rings. The minimum atomic E-state index is -0.198. The number of pyridine rings is 1. The highest BCUT2D eigenvalue weighted by molar-refractivity contribution is 6.11. The molecular formula is C61H61N7O. The second-order valence-electron chi connectivity index (χ2n) is 22.5. The number of imidazole rings is 1. The first-order valence-electron chi connectivity index (χ1n) is 24.0. The van der Waals surface area contributed by atoms with Crippen molar-refractivity contribution in [3.05, 3.63) is 174 Å². The van der Waals surface area contributed by atoms with E-state index in [4.69, 9.17) is 29.7 Å². The lowest BCUT2D eigenvalue weighted by molar-refractivity contribution is 0.480. The van der Waals surface area contributed by atoms with Crippen LogP contribution in [0.2, 0.25) is 0 Å². The molecule has 0 atom stereocenters. The van der Waals surface area contributed by atoms with Crippen molar-refractivity contribution >= 4 is 32.8 Å². The topological polar surface area (TPSA) is 83.5 Å². The van der Waals surface area contributed by atoms with Crippen LogP contribution in [0.5, 0.6) is 11.5 Å². The van der Waals surface area contributed by atoms with E-state index in [-0.39, 0.29) is 21.7 Å². The number of fused-ring (bicyclic) bond motifs is 4. The molecule has 10 aromatic rings. The zero-order valence-corrected chi connectivity index (χ0v) is 42.0. The van der Waals surface area contributed by atoms with E-state index >= 15 is 0 Å². The first-order chi connectivity index (χ1) is 32.7. The van der Waals surface area contributed by atoms with Gasteiger partial charge in [-0.2, -0.15) is 0 Å². The van der Waals surface area contributed by atoms with Gasteiger partial charge in [0.2, 0.25) is 0 Å². The van der Waals surface area contributed by atoms with E-state index in [9.17, 15) is 0 Å². The summed E-state index contributed by atoms with van der Waals surface area (Å²) in [4.78, 5) is 25.7. The molecule has 6 aromatic carbocycles. The van der Waals surface area contributed by atoms with Gasteiger partial charge < -0.3 is 4.74 Å². The van der Waals surface area contributed by atoms with Crippen LogP contribution < -0.4 is 4.74 Å². The zero-order chi connectivity index (χ0) is 48.6. The molecule has 0 saturated carbocycles. The number of rotatable bonds is 7. The maximum absolute atomic E-state index is 7.35. The molecule has 8 nitrogen and oxygen atoms in total. The monoisotopic (exact) mass is 907 g/mol. The fourth-order valence-electron chi connectivity index (χ4n) is 9.01. The largest absolute Gasteiger partial charge is 0.456 e. The van der Waals surface area contributed by atoms with Gasteiger partial charge in [-0.3, -0.25) is 9.13 Å². The quantitative estimate of drug-likeness (QED) is 0.158. The highest BCUT2D eigenvalue weighted by Gasteiger charge is 2.25. The van der Waals surface area contributed by atoms with Crippen molar-refractivity contribution < 1.29 is 4.74 Å². The van der Waals surface area contributed by atoms with Crippen molar-refractivity contribution in [2.45, 2.75) is 105 Å². The normalized spacial score (nSPS) is 12.6. The Balaban J connectivity index is 1.25. The highest BCUT2D eigenvalue weighted by Crippen LogP contribution is 2.43. The Bertz CT molecular complexity index is 3480. The second-order valence-corrected chi connectivity index (χ2v) is 22.5. The molecule has 0 saturated heterocycles. The van der Waals surface area contributed by atoms with Gasteiger partial charge in [0.25, 0.3) is 0 Å². The number of benzene rings is 6. The average Bonchev–Trinajstić information content (AvgIpc) is 3.89. The molecule has 69 heavy (non-hydrogen) atoms. The van der Waals surface area contributed by atoms with E-state index in [2.05, 4.69) is 214 Å². The molecule has 4 aromatic heterocycles. The van der Waals surface area contributed by atoms with Crippen LogP contribution in [0.4, 0.5) is 0 Å². The first kappa shape index (κ1) is 45.3. The summed E-state index contributed by atoms with van der Waals surface area (Å²) >= 11 is 0. The Morgan fingerprint density at radius 2 is 1.00 bits per heavy atom. The molecule has 4 heterocycles. The van der Waals surface area contributed by atoms with E-state index in [1.807, 2.05) is 30.7 Å². The second kappa shape index (κ2) is 16.7. The van der Waals surface area contributed by atoms with Crippen LogP contribution >= 0.6 is 0 Å². The summed E-state index contributed by atoms with van der Waals surface area (Å²) in [5, 5.41) is 2.11. The third-order valence-electron chi connectivity index (χ3n) is 13.2. The maximum Gasteiger partial charge on any atom is 0.167 e. The summed E-state index contributed by atoms with van der Waals surface area (Å²) in [5.41, 5.74) is 11.9. The summed E-state index contributed by atoms with van der Waals surface area (Å²) in [6.07, 6.45) is 3.80. The number of ether oxygens (including phenoxy) is 1. The van der Waals surface area contributed by atoms with E-state index in [1.54, 1.807) is 0 Å². The number of aromatic nitrogens is 7. The minimum Gasteiger partial charge on any atom is -0.456 e. The Morgan fingerprint density at radius 1 is 0.435 bits per heavy atom. The van der Waals surface area contributed by atoms with Gasteiger partial charge >= 0.3 is 0 Å². The van der Waals surface area contributed by atoms with E-state index in [0.29, 0.717) is 29.0 Å². The number of hydrogen-bond acceptors (Lipinski definition) is 6. The molecule has 0 aliphatic carbocycles. The maximum atomic E-state index is 7.35. The van der Waals surface area contributed by atoms with Crippen LogP contribution in [0.1, 0.15) is 105 Å². The average molecular weight is 908 g/mol. The van der Waals surface area contributed by atoms with Crippen molar-refractivity contribution in [1.29, 1.82) is 0 Å². The third kappa shape index (κ3) is 8.80. The number of para-hydroxylation sites is 3. The van der Waals surface area contributed by atoms with Crippen molar-refractivity contribution in [3.8, 4) is 57.2 Å². The molecule has 0 N–H and O–H groups in total. The lowest BCUT2D eigenvalue weighted by Crippen LogP contribution is -2.12. The number of hydrogen-bond donors (Lipinski definition) is 0. The fraction of sp³-hybridized carbons (Fsp3) is 0.262. The number of nitrogens with zero attached hydrogens (tertiary/aromatic N) is 7. The molecule has 0 unspecified atom stereocenters. The van der Waals surface area contributed by atoms with Gasteiger partial charge in [0, 0.05) is 40.2 Å². The van der Waals surface area contributed by atoms with Crippen LogP contribution in [0.15, 0.2) is 152 Å². The van der Waals surface area contributed by atoms with Gasteiger partial charge in [-0.1, -0.05) is 162 Å². The summed E-state index contributed by atoms with van der Waals surface area (Å²) in [6.45, 7) is 26.8. The molecule has 0 radical (unpaired) electrons. The van der Waals surface area contributed by atoms with Crippen molar-refractivity contribution in [1.82, 2.24) is 34.1 Å². The molecule has 346 valence electrons. The van der Waals surface area contributed by atoms with Crippen LogP contribution in [0, 0.1) is 0 Å². The van der Waals surface area contributed by atoms with Crippen LogP contribution in [0.25, 0.3) is 78.5 Å². The highest BCUT2D eigenvalue weighted by atomic mass is 16.5. The standard InChI is InChI=1S/C61H61N7O/c1-58(2,3)40-25-21-38(22-26-40)55-64-56(39-23-27-41(28-24-39)59(4,5)6)66-57(65-55)48-35-47-46-17-13-15-19-50(46)68(54-33-42(29-30-62-54)60(7,8)9)52(47)36-53(48)69-45-32-43(61(10,11)12)31-44(34-45)67-37-63-49-18-14-16-20-51(49)67/h13-37H,1-12H3. The summed E-state index contributed by atoms with van der Waals surface area (Å²) < 4.78 is 11.7. The summed E-state index contributed by atoms with van der Waals surface area (Å²) in [5.74, 6) is 3.77. The van der Waals surface area contributed by atoms with E-state index in [0.717, 1.165) is 66.6 Å². The van der Waals surface area contributed by atoms with Gasteiger partial charge in [0.15, 0.2) is 17.5 Å². The Kier molecular flexibility index (Phi) is 10.9. The SMILES string of the molecule is CC(C)(C)c1ccc(-c2nc(-c3ccc(C(C)(C)C)cc3)nc(-c3cc4c5ccccc5n(-c5cc(C(C)(C)C)ccn5)c4cc3Oc3cc(-n4cnc5ccccc54)cc(C(C)(C)C)c3)n2)cc1. The third-order valence-corrected chi connectivity index (χ3v) is 13.2. The molecule has 0 bridgehead atoms. The van der Waals surface area contributed by atoms with Crippen LogP contribution in [0.3, 0.4) is 0 Å². The van der Waals surface area contributed by atoms with Gasteiger partial charge in [0.1, 0.15) is 23.6 Å². The van der Waals surface area contributed by atoms with Crippen molar-refractivity contribution in [2.75, 3.05) is 0 Å². The summed E-state index contributed by atoms with van der Waals surface area (Å²) in [7, 11) is 0. The minimum absolute atomic E-state index is 0.0116. The Hall–Kier alpha value is -7.45. The molecule has 0 amide bonds. The molecule has 0 fully saturated rings. The van der Waals surface area contributed by atoms with Gasteiger partial charge in [-0.05, 0) is 92.4 Å². The lowest BCUT2D eigenvalue weighted by Gasteiger charge is -2.22. The smallest absolute Gasteiger partial charge is 0.167 e. The molecule has 0 spiro atoms. The van der Waals surface area contributed by atoms with Gasteiger partial charge in [0.05, 0.1) is 33.3 Å². The van der Waals surface area contributed by atoms with Crippen LogP contribution in [-0.4, -0.2) is 34.1 Å². The Labute approximate surface area is 406 Å². The van der Waals surface area contributed by atoms with Gasteiger partial charge in [-0.15, -0.1) is 0 Å². The molecule has 8 heteroatoms. The van der Waals surface area contributed by atoms with E-state index < -0.39 is 0 Å². The first-order valence-corrected chi connectivity index (χ1v) is 24.0. The van der Waals surface area contributed by atoms with Crippen molar-refractivity contribution in [2.24, 2.45) is 0 Å². The predicted molar refractivity (Wildman–Crippen MR) is 284 cm³/mol. The van der Waals surface area contributed by atoms with E-state index in [1.165, 1.54) is 16.7 Å². The molecule has 10 rings (SSSR count). The zero-order valence-electron chi connectivity index (χ0n) is 42.0. The van der Waals surface area contributed by atoms with Crippen LogP contribution in [-0.2, 0) is 21.7 Å². The van der Waals surface area contributed by atoms with Crippen molar-refractivity contribution in [3.63, 3.8) is 0 Å². The fourth-order valence-corrected chi connectivity index (χ4v) is 9.01. The van der Waals surface area contributed by atoms with Gasteiger partial charge in [-0.25, -0.2) is 24.9 Å². The predicted octanol–water partition coefficient (Wildman–Crippen LogP) is 15.7. The summed E-state index contributed by atoms with van der Waals surface area (Å²) in [6, 6.07) is 49.1. The Morgan fingerprint density at radius 3 is 1.61 bits per heavy atom.